The van der Waals surface area contributed by atoms with Crippen LogP contribution < -0.4 is 0 Å². The Morgan fingerprint density at radius 3 is 2.06 bits per heavy atom. The van der Waals surface area contributed by atoms with Gasteiger partial charge in [-0.25, -0.2) is 0 Å². The maximum Gasteiger partial charge on any atom is 0.319 e. The Balaban J connectivity index is 3.70. The summed E-state index contributed by atoms with van der Waals surface area (Å²) in [5, 5.41) is -0.600. The zero-order valence-corrected chi connectivity index (χ0v) is 12.6. The zero-order chi connectivity index (χ0) is 14.0. The molecule has 0 saturated carbocycles. The molecule has 0 fully saturated rings. The average molecular weight is 278 g/mol. The molecule has 0 amide bonds. The summed E-state index contributed by atoms with van der Waals surface area (Å²) in [6.07, 6.45) is 8.62. The van der Waals surface area contributed by atoms with Crippen LogP contribution >= 0.6 is 0 Å². The summed E-state index contributed by atoms with van der Waals surface area (Å²) in [4.78, 5) is 10.6. The third kappa shape index (κ3) is 8.50. The van der Waals surface area contributed by atoms with Crippen LogP contribution in [0.1, 0.15) is 72.1 Å². The van der Waals surface area contributed by atoms with E-state index in [1.807, 2.05) is 0 Å². The van der Waals surface area contributed by atoms with Crippen LogP contribution in [0.3, 0.4) is 0 Å². The first kappa shape index (κ1) is 17.4. The first-order valence-corrected chi connectivity index (χ1v) is 8.31. The standard InChI is InChI=1S/C13H26O4S/c1-4-5-6-7-8-9-10-11-12(2)18(15,16)17-13(3)14/h12H,4-11H2,1-3H3. The Morgan fingerprint density at radius 1 is 1.06 bits per heavy atom. The molecule has 18 heavy (non-hydrogen) atoms. The number of hydrogen-bond donors (Lipinski definition) is 0. The van der Waals surface area contributed by atoms with E-state index >= 15 is 0 Å². The summed E-state index contributed by atoms with van der Waals surface area (Å²) in [6.45, 7) is 4.88. The second kappa shape index (κ2) is 9.36. The third-order valence-corrected chi connectivity index (χ3v) is 4.63. The van der Waals surface area contributed by atoms with Gasteiger partial charge in [0.15, 0.2) is 0 Å². The molecule has 0 aromatic carbocycles. The van der Waals surface area contributed by atoms with Gasteiger partial charge in [-0.1, -0.05) is 51.9 Å². The quantitative estimate of drug-likeness (QED) is 0.454. The van der Waals surface area contributed by atoms with Crippen molar-refractivity contribution in [3.05, 3.63) is 0 Å². The monoisotopic (exact) mass is 278 g/mol. The van der Waals surface area contributed by atoms with Crippen molar-refractivity contribution in [2.24, 2.45) is 0 Å². The minimum Gasteiger partial charge on any atom is -0.346 e. The van der Waals surface area contributed by atoms with Crippen LogP contribution in [0, 0.1) is 0 Å². The lowest BCUT2D eigenvalue weighted by Gasteiger charge is -2.11. The van der Waals surface area contributed by atoms with Crippen LogP contribution in [0.4, 0.5) is 0 Å². The van der Waals surface area contributed by atoms with Crippen molar-refractivity contribution in [2.45, 2.75) is 77.4 Å². The third-order valence-electron chi connectivity index (χ3n) is 2.94. The fourth-order valence-corrected chi connectivity index (χ4v) is 2.73. The van der Waals surface area contributed by atoms with Gasteiger partial charge < -0.3 is 4.18 Å². The molecule has 0 saturated heterocycles. The molecule has 0 rings (SSSR count). The molecule has 108 valence electrons. The molecular weight excluding hydrogens is 252 g/mol. The van der Waals surface area contributed by atoms with Crippen LogP contribution in [0.2, 0.25) is 0 Å². The molecule has 0 N–H and O–H groups in total. The Labute approximate surface area is 111 Å². The van der Waals surface area contributed by atoms with E-state index in [1.54, 1.807) is 6.92 Å². The topological polar surface area (TPSA) is 60.4 Å². The molecule has 4 nitrogen and oxygen atoms in total. The van der Waals surface area contributed by atoms with E-state index in [0.29, 0.717) is 6.42 Å². The smallest absolute Gasteiger partial charge is 0.319 e. The molecule has 0 aliphatic heterocycles. The first-order valence-electron chi connectivity index (χ1n) is 6.84. The molecule has 0 aromatic rings. The molecule has 0 aromatic heterocycles. The first-order chi connectivity index (χ1) is 8.40. The summed E-state index contributed by atoms with van der Waals surface area (Å²) in [5.74, 6) is -0.763. The number of hydrogen-bond acceptors (Lipinski definition) is 4. The fraction of sp³-hybridized carbons (Fsp3) is 0.923. The summed E-state index contributed by atoms with van der Waals surface area (Å²) in [6, 6.07) is 0. The molecule has 0 heterocycles. The summed E-state index contributed by atoms with van der Waals surface area (Å²) in [7, 11) is -3.71. The largest absolute Gasteiger partial charge is 0.346 e. The van der Waals surface area contributed by atoms with Gasteiger partial charge in [-0.3, -0.25) is 4.79 Å². The van der Waals surface area contributed by atoms with Crippen molar-refractivity contribution in [1.29, 1.82) is 0 Å². The normalized spacial score (nSPS) is 13.3. The highest BCUT2D eigenvalue weighted by molar-refractivity contribution is 7.87. The van der Waals surface area contributed by atoms with Gasteiger partial charge >= 0.3 is 16.1 Å². The highest BCUT2D eigenvalue weighted by Gasteiger charge is 2.23. The number of unbranched alkanes of at least 4 members (excludes halogenated alkanes) is 6. The molecule has 0 radical (unpaired) electrons. The minimum atomic E-state index is -3.71. The summed E-state index contributed by atoms with van der Waals surface area (Å²) < 4.78 is 27.3. The zero-order valence-electron chi connectivity index (χ0n) is 11.8. The predicted octanol–water partition coefficient (Wildman–Crippen LogP) is 3.41. The predicted molar refractivity (Wildman–Crippen MR) is 72.8 cm³/mol. The van der Waals surface area contributed by atoms with E-state index in [0.717, 1.165) is 26.2 Å². The van der Waals surface area contributed by atoms with Crippen molar-refractivity contribution >= 4 is 16.1 Å². The van der Waals surface area contributed by atoms with E-state index in [2.05, 4.69) is 11.1 Å². The van der Waals surface area contributed by atoms with Gasteiger partial charge in [0.2, 0.25) is 0 Å². The molecule has 0 aliphatic carbocycles. The highest BCUT2D eigenvalue weighted by Crippen LogP contribution is 2.14. The summed E-state index contributed by atoms with van der Waals surface area (Å²) in [5.41, 5.74) is 0. The van der Waals surface area contributed by atoms with Gasteiger partial charge in [-0.2, -0.15) is 8.42 Å². The van der Waals surface area contributed by atoms with Gasteiger partial charge in [0.05, 0.1) is 5.25 Å². The SMILES string of the molecule is CCCCCCCCCC(C)S(=O)(=O)OC(C)=O. The lowest BCUT2D eigenvalue weighted by atomic mass is 10.1. The van der Waals surface area contributed by atoms with E-state index in [9.17, 15) is 13.2 Å². The van der Waals surface area contributed by atoms with Crippen LogP contribution in [0.5, 0.6) is 0 Å². The molecule has 0 spiro atoms. The van der Waals surface area contributed by atoms with Gasteiger partial charge in [-0.05, 0) is 13.3 Å². The van der Waals surface area contributed by atoms with Crippen LogP contribution in [-0.2, 0) is 19.1 Å². The van der Waals surface area contributed by atoms with Crippen molar-refractivity contribution in [3.63, 3.8) is 0 Å². The van der Waals surface area contributed by atoms with Crippen LogP contribution in [-0.4, -0.2) is 19.6 Å². The Kier molecular flexibility index (Phi) is 9.06. The average Bonchev–Trinajstić information content (AvgIpc) is 2.25. The van der Waals surface area contributed by atoms with Crippen molar-refractivity contribution in [3.8, 4) is 0 Å². The van der Waals surface area contributed by atoms with E-state index in [4.69, 9.17) is 0 Å². The van der Waals surface area contributed by atoms with Gasteiger partial charge in [-0.15, -0.1) is 0 Å². The lowest BCUT2D eigenvalue weighted by molar-refractivity contribution is -0.131. The molecule has 0 aliphatic rings. The molecule has 0 bridgehead atoms. The van der Waals surface area contributed by atoms with Crippen LogP contribution in [0.25, 0.3) is 0 Å². The highest BCUT2D eigenvalue weighted by atomic mass is 32.2. The molecule has 1 unspecified atom stereocenters. The van der Waals surface area contributed by atoms with Gasteiger partial charge in [0, 0.05) is 6.92 Å². The molecular formula is C13H26O4S. The van der Waals surface area contributed by atoms with E-state index < -0.39 is 21.3 Å². The van der Waals surface area contributed by atoms with Crippen molar-refractivity contribution in [1.82, 2.24) is 0 Å². The maximum atomic E-state index is 11.5. The number of carbonyl (C=O) groups excluding carboxylic acids is 1. The van der Waals surface area contributed by atoms with Gasteiger partial charge in [0.1, 0.15) is 0 Å². The minimum absolute atomic E-state index is 0.559. The molecule has 1 atom stereocenters. The lowest BCUT2D eigenvalue weighted by Crippen LogP contribution is -2.22. The second-order valence-electron chi connectivity index (χ2n) is 4.79. The number of rotatable bonds is 10. The van der Waals surface area contributed by atoms with Crippen LogP contribution in [0.15, 0.2) is 0 Å². The van der Waals surface area contributed by atoms with Crippen molar-refractivity contribution < 1.29 is 17.4 Å². The van der Waals surface area contributed by atoms with Crippen molar-refractivity contribution in [2.75, 3.05) is 0 Å². The Hall–Kier alpha value is -0.580. The van der Waals surface area contributed by atoms with Gasteiger partial charge in [0.25, 0.3) is 0 Å². The van der Waals surface area contributed by atoms with E-state index in [-0.39, 0.29) is 0 Å². The Morgan fingerprint density at radius 2 is 1.56 bits per heavy atom. The fourth-order valence-electron chi connectivity index (χ4n) is 1.78. The summed E-state index contributed by atoms with van der Waals surface area (Å²) >= 11 is 0. The Bertz CT molecular complexity index is 322. The van der Waals surface area contributed by atoms with E-state index in [1.165, 1.54) is 25.7 Å². The number of carbonyl (C=O) groups is 1. The molecule has 5 heteroatoms. The maximum absolute atomic E-state index is 11.5. The second-order valence-corrected chi connectivity index (χ2v) is 6.75.